The summed E-state index contributed by atoms with van der Waals surface area (Å²) < 4.78 is 25.5. The van der Waals surface area contributed by atoms with Crippen LogP contribution in [0.2, 0.25) is 0 Å². The van der Waals surface area contributed by atoms with E-state index >= 15 is 0 Å². The van der Waals surface area contributed by atoms with Crippen molar-refractivity contribution in [2.24, 2.45) is 0 Å². The van der Waals surface area contributed by atoms with Crippen LogP contribution >= 0.6 is 15.9 Å². The number of para-hydroxylation sites is 1. The molecule has 1 unspecified atom stereocenters. The van der Waals surface area contributed by atoms with Gasteiger partial charge in [-0.1, -0.05) is 34.1 Å². The zero-order valence-corrected chi connectivity index (χ0v) is 17.5. The van der Waals surface area contributed by atoms with Crippen LogP contribution in [-0.4, -0.2) is 27.0 Å². The number of nitrogens with zero attached hydrogens (tertiary/aromatic N) is 1. The first-order valence-corrected chi connectivity index (χ1v) is 10.8. The molecule has 27 heavy (non-hydrogen) atoms. The molecular formula is C20H20BrNO4S. The maximum atomic E-state index is 11.9. The number of ether oxygens (including phenoxy) is 2. The molecule has 0 radical (unpaired) electrons. The highest BCUT2D eigenvalue weighted by atomic mass is 79.9. The van der Waals surface area contributed by atoms with Gasteiger partial charge in [0, 0.05) is 27.9 Å². The van der Waals surface area contributed by atoms with E-state index in [4.69, 9.17) is 9.47 Å². The van der Waals surface area contributed by atoms with Crippen molar-refractivity contribution < 1.29 is 18.5 Å². The topological polar surface area (TPSA) is 57.5 Å². The third-order valence-electron chi connectivity index (χ3n) is 4.07. The molecule has 3 rings (SSSR count). The lowest BCUT2D eigenvalue weighted by atomic mass is 10.1. The van der Waals surface area contributed by atoms with Crippen LogP contribution in [0.15, 0.2) is 53.1 Å². The Morgan fingerprint density at radius 2 is 2.00 bits per heavy atom. The molecule has 0 aliphatic carbocycles. The molecule has 0 aliphatic rings. The Morgan fingerprint density at radius 1 is 1.22 bits per heavy atom. The molecule has 0 fully saturated rings. The molecule has 7 heteroatoms. The summed E-state index contributed by atoms with van der Waals surface area (Å²) in [6, 6.07) is 13.3. The summed E-state index contributed by atoms with van der Waals surface area (Å²) in [6.07, 6.45) is 3.62. The van der Waals surface area contributed by atoms with Gasteiger partial charge in [0.2, 0.25) is 0 Å². The van der Waals surface area contributed by atoms with E-state index in [1.165, 1.54) is 0 Å². The van der Waals surface area contributed by atoms with Crippen molar-refractivity contribution in [3.05, 3.63) is 64.3 Å². The van der Waals surface area contributed by atoms with Gasteiger partial charge < -0.3 is 9.47 Å². The van der Waals surface area contributed by atoms with Crippen molar-refractivity contribution in [1.82, 2.24) is 3.97 Å². The lowest BCUT2D eigenvalue weighted by Crippen LogP contribution is -2.09. The Morgan fingerprint density at radius 3 is 2.74 bits per heavy atom. The molecule has 0 saturated carbocycles. The number of rotatable bonds is 7. The predicted molar refractivity (Wildman–Crippen MR) is 110 cm³/mol. The van der Waals surface area contributed by atoms with E-state index in [0.29, 0.717) is 19.0 Å². The lowest BCUT2D eigenvalue weighted by Gasteiger charge is -2.12. The summed E-state index contributed by atoms with van der Waals surface area (Å²) in [5, 5.41) is 0.997. The molecule has 0 N–H and O–H groups in total. The Bertz CT molecular complexity index is 999. The summed E-state index contributed by atoms with van der Waals surface area (Å²) in [7, 11) is -1.14. The van der Waals surface area contributed by atoms with Crippen LogP contribution in [0, 0.1) is 0 Å². The van der Waals surface area contributed by atoms with Crippen LogP contribution in [0.25, 0.3) is 10.9 Å². The zero-order valence-electron chi connectivity index (χ0n) is 15.1. The molecule has 3 aromatic rings. The fourth-order valence-electron chi connectivity index (χ4n) is 2.85. The number of hydrogen-bond donors (Lipinski definition) is 0. The summed E-state index contributed by atoms with van der Waals surface area (Å²) in [6.45, 7) is 2.47. The third kappa shape index (κ3) is 4.59. The number of carbonyl (C=O) groups excluding carboxylic acids is 1. The van der Waals surface area contributed by atoms with Gasteiger partial charge in [0.25, 0.3) is 0 Å². The van der Waals surface area contributed by atoms with Gasteiger partial charge in [-0.15, -0.1) is 0 Å². The summed E-state index contributed by atoms with van der Waals surface area (Å²) >= 11 is 3.57. The number of carbonyl (C=O) groups is 1. The van der Waals surface area contributed by atoms with E-state index in [1.54, 1.807) is 17.2 Å². The molecular weight excluding hydrogens is 430 g/mol. The van der Waals surface area contributed by atoms with Crippen LogP contribution in [0.1, 0.15) is 18.1 Å². The van der Waals surface area contributed by atoms with E-state index in [9.17, 15) is 9.00 Å². The molecule has 0 bridgehead atoms. The van der Waals surface area contributed by atoms with Gasteiger partial charge in [-0.3, -0.25) is 8.77 Å². The van der Waals surface area contributed by atoms with Gasteiger partial charge in [0.15, 0.2) is 0 Å². The van der Waals surface area contributed by atoms with Crippen LogP contribution in [0.4, 0.5) is 0 Å². The molecule has 0 spiro atoms. The second-order valence-corrected chi connectivity index (χ2v) is 8.05. The summed E-state index contributed by atoms with van der Waals surface area (Å²) in [4.78, 5) is 11.8. The van der Waals surface area contributed by atoms with Gasteiger partial charge in [-0.2, -0.15) is 0 Å². The molecule has 5 nitrogen and oxygen atoms in total. The first-order chi connectivity index (χ1) is 13.0. The van der Waals surface area contributed by atoms with Crippen molar-refractivity contribution >= 4 is 43.8 Å². The second kappa shape index (κ2) is 8.71. The average Bonchev–Trinajstić information content (AvgIpc) is 3.06. The zero-order chi connectivity index (χ0) is 19.4. The number of aromatic nitrogens is 1. The quantitative estimate of drug-likeness (QED) is 0.506. The summed E-state index contributed by atoms with van der Waals surface area (Å²) in [5.41, 5.74) is 2.60. The summed E-state index contributed by atoms with van der Waals surface area (Å²) in [5.74, 6) is 0.372. The van der Waals surface area contributed by atoms with Crippen molar-refractivity contribution in [2.75, 3.05) is 12.9 Å². The predicted octanol–water partition coefficient (Wildman–Crippen LogP) is 4.23. The number of benzene rings is 2. The van der Waals surface area contributed by atoms with Crippen LogP contribution in [0.3, 0.4) is 0 Å². The van der Waals surface area contributed by atoms with Crippen LogP contribution in [0.5, 0.6) is 5.75 Å². The van der Waals surface area contributed by atoms with E-state index in [-0.39, 0.29) is 12.4 Å². The SMILES string of the molecule is CCOC(=O)Cc1ccccc1OCc1cc(Br)c2ccn(S(C)=O)c2c1. The van der Waals surface area contributed by atoms with Gasteiger partial charge in [-0.25, -0.2) is 4.21 Å². The smallest absolute Gasteiger partial charge is 0.310 e. The van der Waals surface area contributed by atoms with Gasteiger partial charge in [0.1, 0.15) is 23.3 Å². The van der Waals surface area contributed by atoms with E-state index in [2.05, 4.69) is 15.9 Å². The van der Waals surface area contributed by atoms with E-state index in [1.807, 2.05) is 48.7 Å². The van der Waals surface area contributed by atoms with Gasteiger partial charge in [0.05, 0.1) is 18.5 Å². The number of esters is 1. The molecule has 142 valence electrons. The normalized spacial score (nSPS) is 12.1. The minimum atomic E-state index is -1.14. The fourth-order valence-corrected chi connectivity index (χ4v) is 4.14. The largest absolute Gasteiger partial charge is 0.489 e. The first kappa shape index (κ1) is 19.6. The average molecular weight is 450 g/mol. The molecule has 0 amide bonds. The molecule has 2 aromatic carbocycles. The number of hydrogen-bond acceptors (Lipinski definition) is 4. The molecule has 0 aliphatic heterocycles. The Kier molecular flexibility index (Phi) is 6.34. The molecule has 1 aromatic heterocycles. The first-order valence-electron chi connectivity index (χ1n) is 8.49. The fraction of sp³-hybridized carbons (Fsp3) is 0.250. The molecule has 1 atom stereocenters. The maximum absolute atomic E-state index is 11.9. The minimum absolute atomic E-state index is 0.171. The van der Waals surface area contributed by atoms with Gasteiger partial charge >= 0.3 is 5.97 Å². The number of halogens is 1. The Labute approximate surface area is 169 Å². The lowest BCUT2D eigenvalue weighted by molar-refractivity contribution is -0.142. The van der Waals surface area contributed by atoms with Crippen molar-refractivity contribution in [1.29, 1.82) is 0 Å². The van der Waals surface area contributed by atoms with Gasteiger partial charge in [-0.05, 0) is 36.8 Å². The van der Waals surface area contributed by atoms with Crippen molar-refractivity contribution in [3.63, 3.8) is 0 Å². The highest BCUT2D eigenvalue weighted by Gasteiger charge is 2.12. The van der Waals surface area contributed by atoms with Crippen molar-refractivity contribution in [3.8, 4) is 5.75 Å². The standard InChI is InChI=1S/C20H20BrNO4S/c1-3-25-20(23)12-15-6-4-5-7-19(15)26-13-14-10-17(21)16-8-9-22(27(2)24)18(16)11-14/h4-11H,3,12-13H2,1-2H3. The Balaban J connectivity index is 1.82. The molecule has 0 saturated heterocycles. The second-order valence-electron chi connectivity index (χ2n) is 5.95. The Hall–Kier alpha value is -2.12. The van der Waals surface area contributed by atoms with E-state index in [0.717, 1.165) is 26.5 Å². The monoisotopic (exact) mass is 449 g/mol. The van der Waals surface area contributed by atoms with Crippen LogP contribution < -0.4 is 4.74 Å². The van der Waals surface area contributed by atoms with E-state index < -0.39 is 11.0 Å². The molecule has 1 heterocycles. The highest BCUT2D eigenvalue weighted by molar-refractivity contribution is 9.10. The minimum Gasteiger partial charge on any atom is -0.489 e. The third-order valence-corrected chi connectivity index (χ3v) is 5.59. The highest BCUT2D eigenvalue weighted by Crippen LogP contribution is 2.28. The van der Waals surface area contributed by atoms with Crippen LogP contribution in [-0.2, 0) is 33.5 Å². The maximum Gasteiger partial charge on any atom is 0.310 e. The van der Waals surface area contributed by atoms with Crippen molar-refractivity contribution in [2.45, 2.75) is 20.0 Å². The number of fused-ring (bicyclic) bond motifs is 1.